The standard InChI is InChI=1S/C14H14N2O3/c1-2-6-10(9-7-4-3-5-8-9)11-12(17)15-14(19)16-13(11)18/h2-5,7-8,10-11H,1,6H2,(H2,15,16,17,18,19). The van der Waals surface area contributed by atoms with Crippen LogP contribution in [0.3, 0.4) is 0 Å². The summed E-state index contributed by atoms with van der Waals surface area (Å²) in [5, 5.41) is 4.25. The SMILES string of the molecule is C=CCC(c1ccccc1)C1C(=O)NC(=O)NC1=O. The van der Waals surface area contributed by atoms with Crippen molar-refractivity contribution in [2.24, 2.45) is 5.92 Å². The van der Waals surface area contributed by atoms with Crippen LogP contribution in [0.1, 0.15) is 17.9 Å². The minimum Gasteiger partial charge on any atom is -0.277 e. The van der Waals surface area contributed by atoms with Gasteiger partial charge in [-0.3, -0.25) is 20.2 Å². The van der Waals surface area contributed by atoms with E-state index in [0.717, 1.165) is 5.56 Å². The molecule has 1 aliphatic heterocycles. The van der Waals surface area contributed by atoms with E-state index in [1.807, 2.05) is 30.3 Å². The van der Waals surface area contributed by atoms with Crippen LogP contribution < -0.4 is 10.6 Å². The minimum absolute atomic E-state index is 0.327. The predicted molar refractivity (Wildman–Crippen MR) is 69.2 cm³/mol. The van der Waals surface area contributed by atoms with Gasteiger partial charge >= 0.3 is 6.03 Å². The Morgan fingerprint density at radius 3 is 2.21 bits per heavy atom. The van der Waals surface area contributed by atoms with Gasteiger partial charge in [0.1, 0.15) is 5.92 Å². The topological polar surface area (TPSA) is 75.3 Å². The second-order valence-corrected chi connectivity index (χ2v) is 4.33. The summed E-state index contributed by atoms with van der Waals surface area (Å²) in [6.07, 6.45) is 2.14. The quantitative estimate of drug-likeness (QED) is 0.632. The zero-order valence-corrected chi connectivity index (χ0v) is 10.3. The molecule has 98 valence electrons. The van der Waals surface area contributed by atoms with Gasteiger partial charge in [-0.15, -0.1) is 6.58 Å². The van der Waals surface area contributed by atoms with Crippen LogP contribution in [0.15, 0.2) is 43.0 Å². The molecule has 19 heavy (non-hydrogen) atoms. The van der Waals surface area contributed by atoms with Crippen molar-refractivity contribution in [3.05, 3.63) is 48.6 Å². The Kier molecular flexibility index (Phi) is 3.75. The number of imide groups is 2. The fraction of sp³-hybridized carbons (Fsp3) is 0.214. The average Bonchev–Trinajstić information content (AvgIpc) is 2.37. The Bertz CT molecular complexity index is 505. The summed E-state index contributed by atoms with van der Waals surface area (Å²) in [5.41, 5.74) is 0.868. The first-order chi connectivity index (χ1) is 9.13. The third-order valence-corrected chi connectivity index (χ3v) is 3.09. The number of hydrogen-bond acceptors (Lipinski definition) is 3. The van der Waals surface area contributed by atoms with E-state index in [0.29, 0.717) is 6.42 Å². The van der Waals surface area contributed by atoms with Crippen molar-refractivity contribution in [2.75, 3.05) is 0 Å². The Hall–Kier alpha value is -2.43. The molecule has 1 unspecified atom stereocenters. The first-order valence-corrected chi connectivity index (χ1v) is 5.95. The molecule has 0 saturated carbocycles. The van der Waals surface area contributed by atoms with Crippen LogP contribution in [0, 0.1) is 5.92 Å². The van der Waals surface area contributed by atoms with Crippen LogP contribution in [0.25, 0.3) is 0 Å². The average molecular weight is 258 g/mol. The minimum atomic E-state index is -0.918. The molecular weight excluding hydrogens is 244 g/mol. The number of carbonyl (C=O) groups excluding carboxylic acids is 3. The molecule has 0 aromatic heterocycles. The smallest absolute Gasteiger partial charge is 0.277 e. The van der Waals surface area contributed by atoms with Crippen molar-refractivity contribution in [1.82, 2.24) is 10.6 Å². The first-order valence-electron chi connectivity index (χ1n) is 5.95. The third-order valence-electron chi connectivity index (χ3n) is 3.09. The summed E-state index contributed by atoms with van der Waals surface area (Å²) in [6, 6.07) is 8.48. The lowest BCUT2D eigenvalue weighted by Gasteiger charge is -2.27. The number of urea groups is 1. The van der Waals surface area contributed by atoms with Gasteiger partial charge in [0.05, 0.1) is 0 Å². The maximum atomic E-state index is 11.9. The van der Waals surface area contributed by atoms with Gasteiger partial charge < -0.3 is 0 Å². The number of carbonyl (C=O) groups is 3. The Labute approximate surface area is 110 Å². The van der Waals surface area contributed by atoms with Gasteiger partial charge in [0.15, 0.2) is 0 Å². The number of hydrogen-bond donors (Lipinski definition) is 2. The highest BCUT2D eigenvalue weighted by Crippen LogP contribution is 2.30. The molecule has 1 aliphatic rings. The second-order valence-electron chi connectivity index (χ2n) is 4.33. The van der Waals surface area contributed by atoms with Crippen molar-refractivity contribution < 1.29 is 14.4 Å². The second kappa shape index (κ2) is 5.48. The van der Waals surface area contributed by atoms with Gasteiger partial charge in [-0.2, -0.15) is 0 Å². The van der Waals surface area contributed by atoms with E-state index in [-0.39, 0.29) is 5.92 Å². The van der Waals surface area contributed by atoms with Gasteiger partial charge in [-0.1, -0.05) is 36.4 Å². The highest BCUT2D eigenvalue weighted by Gasteiger charge is 2.40. The van der Waals surface area contributed by atoms with Crippen molar-refractivity contribution in [1.29, 1.82) is 0 Å². The fourth-order valence-corrected chi connectivity index (χ4v) is 2.24. The van der Waals surface area contributed by atoms with Crippen molar-refractivity contribution in [3.8, 4) is 0 Å². The van der Waals surface area contributed by atoms with Crippen LogP contribution in [-0.4, -0.2) is 17.8 Å². The molecule has 1 saturated heterocycles. The number of nitrogens with one attached hydrogen (secondary N) is 2. The summed E-state index contributed by atoms with van der Waals surface area (Å²) in [6.45, 7) is 3.66. The van der Waals surface area contributed by atoms with E-state index in [1.165, 1.54) is 0 Å². The van der Waals surface area contributed by atoms with Crippen LogP contribution in [0.4, 0.5) is 4.79 Å². The van der Waals surface area contributed by atoms with E-state index in [9.17, 15) is 14.4 Å². The highest BCUT2D eigenvalue weighted by atomic mass is 16.2. The van der Waals surface area contributed by atoms with Crippen LogP contribution in [0.5, 0.6) is 0 Å². The zero-order valence-electron chi connectivity index (χ0n) is 10.3. The molecule has 0 spiro atoms. The van der Waals surface area contributed by atoms with Gasteiger partial charge in [0, 0.05) is 5.92 Å². The molecular formula is C14H14N2O3. The van der Waals surface area contributed by atoms with Crippen molar-refractivity contribution >= 4 is 17.8 Å². The molecule has 1 atom stereocenters. The van der Waals surface area contributed by atoms with Gasteiger partial charge in [-0.05, 0) is 12.0 Å². The first kappa shape index (κ1) is 13.0. The van der Waals surface area contributed by atoms with Crippen LogP contribution in [-0.2, 0) is 9.59 Å². The lowest BCUT2D eigenvalue weighted by molar-refractivity contribution is -0.136. The molecule has 1 aromatic rings. The maximum Gasteiger partial charge on any atom is 0.328 e. The number of amides is 4. The lowest BCUT2D eigenvalue weighted by atomic mass is 9.81. The van der Waals surface area contributed by atoms with E-state index in [2.05, 4.69) is 17.2 Å². The van der Waals surface area contributed by atoms with E-state index in [1.54, 1.807) is 6.08 Å². The van der Waals surface area contributed by atoms with Gasteiger partial charge in [0.2, 0.25) is 11.8 Å². The van der Waals surface area contributed by atoms with Crippen LogP contribution >= 0.6 is 0 Å². The van der Waals surface area contributed by atoms with Gasteiger partial charge in [0.25, 0.3) is 0 Å². The molecule has 0 radical (unpaired) electrons. The summed E-state index contributed by atoms with van der Waals surface area (Å²) in [5.74, 6) is -2.38. The van der Waals surface area contributed by atoms with Gasteiger partial charge in [-0.25, -0.2) is 4.79 Å². The van der Waals surface area contributed by atoms with E-state index >= 15 is 0 Å². The molecule has 5 heteroatoms. The molecule has 2 N–H and O–H groups in total. The van der Waals surface area contributed by atoms with E-state index < -0.39 is 23.8 Å². The third kappa shape index (κ3) is 2.70. The number of rotatable bonds is 4. The molecule has 0 bridgehead atoms. The zero-order chi connectivity index (χ0) is 13.8. The van der Waals surface area contributed by atoms with E-state index in [4.69, 9.17) is 0 Å². The summed E-state index contributed by atoms with van der Waals surface area (Å²) >= 11 is 0. The fourth-order valence-electron chi connectivity index (χ4n) is 2.24. The largest absolute Gasteiger partial charge is 0.328 e. The monoisotopic (exact) mass is 258 g/mol. The number of allylic oxidation sites excluding steroid dienone is 1. The summed E-state index contributed by atoms with van der Waals surface area (Å²) in [4.78, 5) is 34.8. The predicted octanol–water partition coefficient (Wildman–Crippen LogP) is 1.33. The normalized spacial score (nSPS) is 17.6. The molecule has 2 rings (SSSR count). The Balaban J connectivity index is 2.33. The number of benzene rings is 1. The molecule has 4 amide bonds. The Morgan fingerprint density at radius 1 is 1.11 bits per heavy atom. The summed E-state index contributed by atoms with van der Waals surface area (Å²) < 4.78 is 0. The molecule has 0 aliphatic carbocycles. The Morgan fingerprint density at radius 2 is 1.68 bits per heavy atom. The molecule has 1 heterocycles. The number of barbiturate groups is 1. The lowest BCUT2D eigenvalue weighted by Crippen LogP contribution is -2.57. The summed E-state index contributed by atoms with van der Waals surface area (Å²) in [7, 11) is 0. The van der Waals surface area contributed by atoms with Crippen molar-refractivity contribution in [2.45, 2.75) is 12.3 Å². The molecule has 1 fully saturated rings. The van der Waals surface area contributed by atoms with Crippen LogP contribution in [0.2, 0.25) is 0 Å². The molecule has 1 aromatic carbocycles. The molecule has 5 nitrogen and oxygen atoms in total. The highest BCUT2D eigenvalue weighted by molar-refractivity contribution is 6.16. The maximum absolute atomic E-state index is 11.9. The van der Waals surface area contributed by atoms with Crippen molar-refractivity contribution in [3.63, 3.8) is 0 Å².